The van der Waals surface area contributed by atoms with Crippen molar-refractivity contribution in [3.05, 3.63) is 0 Å². The zero-order valence-electron chi connectivity index (χ0n) is 14.0. The molecule has 128 valence electrons. The Balaban J connectivity index is 3.46. The molecule has 0 atom stereocenters. The Hall–Kier alpha value is -1.79. The maximum Gasteiger partial charge on any atom is 0.407 e. The molecule has 0 aliphatic heterocycles. The number of carbonyl (C=O) groups is 3. The number of alkyl carbamates (subject to hydrolysis) is 1. The molecular formula is C15H28N2O5. The number of hydrogen-bond donors (Lipinski definition) is 2. The molecule has 0 rings (SSSR count). The van der Waals surface area contributed by atoms with Crippen LogP contribution in [0.15, 0.2) is 0 Å². The summed E-state index contributed by atoms with van der Waals surface area (Å²) in [4.78, 5) is 33.6. The quantitative estimate of drug-likeness (QED) is 0.404. The van der Waals surface area contributed by atoms with Crippen molar-refractivity contribution in [2.24, 2.45) is 0 Å². The molecule has 0 aromatic rings. The zero-order valence-corrected chi connectivity index (χ0v) is 14.0. The molecule has 0 aliphatic carbocycles. The van der Waals surface area contributed by atoms with E-state index in [1.165, 1.54) is 0 Å². The monoisotopic (exact) mass is 316 g/mol. The number of ether oxygens (including phenoxy) is 2. The zero-order chi connectivity index (χ0) is 17.0. The molecule has 0 unspecified atom stereocenters. The highest BCUT2D eigenvalue weighted by Crippen LogP contribution is 2.06. The van der Waals surface area contributed by atoms with Crippen molar-refractivity contribution in [1.29, 1.82) is 0 Å². The van der Waals surface area contributed by atoms with E-state index in [-0.39, 0.29) is 6.61 Å². The summed E-state index contributed by atoms with van der Waals surface area (Å²) in [5.74, 6) is -1.54. The van der Waals surface area contributed by atoms with Gasteiger partial charge in [0.15, 0.2) is 0 Å². The SMILES string of the molecule is CCOC(=O)C(=O)NCCCCCCNC(=O)OC(C)(C)C. The molecule has 2 N–H and O–H groups in total. The maximum atomic E-state index is 11.4. The van der Waals surface area contributed by atoms with E-state index in [2.05, 4.69) is 15.4 Å². The van der Waals surface area contributed by atoms with E-state index in [4.69, 9.17) is 4.74 Å². The Labute approximate surface area is 132 Å². The number of nitrogens with one attached hydrogen (secondary N) is 2. The molecule has 0 spiro atoms. The van der Waals surface area contributed by atoms with Crippen molar-refractivity contribution in [2.75, 3.05) is 19.7 Å². The van der Waals surface area contributed by atoms with Crippen molar-refractivity contribution in [2.45, 2.75) is 59.0 Å². The maximum absolute atomic E-state index is 11.4. The molecule has 7 heteroatoms. The van der Waals surface area contributed by atoms with Gasteiger partial charge in [0.25, 0.3) is 0 Å². The molecule has 7 nitrogen and oxygen atoms in total. The summed E-state index contributed by atoms with van der Waals surface area (Å²) in [6.07, 6.45) is 3.03. The van der Waals surface area contributed by atoms with Crippen LogP contribution >= 0.6 is 0 Å². The summed E-state index contributed by atoms with van der Waals surface area (Å²) >= 11 is 0. The molecule has 0 aromatic carbocycles. The molecule has 0 radical (unpaired) electrons. The van der Waals surface area contributed by atoms with Gasteiger partial charge in [-0.3, -0.25) is 4.79 Å². The summed E-state index contributed by atoms with van der Waals surface area (Å²) in [6, 6.07) is 0. The van der Waals surface area contributed by atoms with Gasteiger partial charge in [0.05, 0.1) is 6.61 Å². The van der Waals surface area contributed by atoms with Gasteiger partial charge >= 0.3 is 18.0 Å². The topological polar surface area (TPSA) is 93.7 Å². The van der Waals surface area contributed by atoms with Gasteiger partial charge in [0, 0.05) is 13.1 Å². The average Bonchev–Trinajstić information content (AvgIpc) is 2.39. The first-order valence-corrected chi connectivity index (χ1v) is 7.68. The second-order valence-electron chi connectivity index (χ2n) is 5.82. The van der Waals surface area contributed by atoms with E-state index in [0.29, 0.717) is 13.1 Å². The molecule has 0 fully saturated rings. The van der Waals surface area contributed by atoms with Gasteiger partial charge in [-0.2, -0.15) is 0 Å². The number of amides is 2. The van der Waals surface area contributed by atoms with Crippen LogP contribution in [0.2, 0.25) is 0 Å². The average molecular weight is 316 g/mol. The lowest BCUT2D eigenvalue weighted by atomic mass is 10.2. The van der Waals surface area contributed by atoms with Crippen LogP contribution in [0.5, 0.6) is 0 Å². The Morgan fingerprint density at radius 2 is 1.45 bits per heavy atom. The number of rotatable bonds is 8. The third-order valence-electron chi connectivity index (χ3n) is 2.52. The fourth-order valence-corrected chi connectivity index (χ4v) is 1.58. The van der Waals surface area contributed by atoms with Gasteiger partial charge < -0.3 is 20.1 Å². The van der Waals surface area contributed by atoms with E-state index in [0.717, 1.165) is 25.7 Å². The van der Waals surface area contributed by atoms with E-state index < -0.39 is 23.6 Å². The van der Waals surface area contributed by atoms with Gasteiger partial charge in [0.1, 0.15) is 5.60 Å². The van der Waals surface area contributed by atoms with Gasteiger partial charge in [-0.25, -0.2) is 9.59 Å². The Morgan fingerprint density at radius 1 is 0.909 bits per heavy atom. The Kier molecular flexibility index (Phi) is 9.98. The second-order valence-corrected chi connectivity index (χ2v) is 5.82. The molecule has 0 bridgehead atoms. The second kappa shape index (κ2) is 10.9. The van der Waals surface area contributed by atoms with Gasteiger partial charge in [-0.05, 0) is 40.5 Å². The van der Waals surface area contributed by atoms with Crippen LogP contribution in [0.1, 0.15) is 53.4 Å². The molecule has 0 saturated carbocycles. The summed E-state index contributed by atoms with van der Waals surface area (Å²) < 4.78 is 9.68. The molecular weight excluding hydrogens is 288 g/mol. The Bertz CT molecular complexity index is 363. The fourth-order valence-electron chi connectivity index (χ4n) is 1.58. The largest absolute Gasteiger partial charge is 0.459 e. The van der Waals surface area contributed by atoms with Gasteiger partial charge in [-0.15, -0.1) is 0 Å². The van der Waals surface area contributed by atoms with Crippen molar-refractivity contribution >= 4 is 18.0 Å². The first kappa shape index (κ1) is 20.2. The lowest BCUT2D eigenvalue weighted by molar-refractivity contribution is -0.154. The molecule has 0 heterocycles. The van der Waals surface area contributed by atoms with Crippen molar-refractivity contribution in [3.63, 3.8) is 0 Å². The summed E-state index contributed by atoms with van der Waals surface area (Å²) in [6.45, 7) is 8.29. The van der Waals surface area contributed by atoms with E-state index in [1.54, 1.807) is 6.92 Å². The number of carbonyl (C=O) groups excluding carboxylic acids is 3. The molecule has 0 aliphatic rings. The van der Waals surface area contributed by atoms with Crippen LogP contribution < -0.4 is 10.6 Å². The lowest BCUT2D eigenvalue weighted by Crippen LogP contribution is -2.33. The fraction of sp³-hybridized carbons (Fsp3) is 0.800. The molecule has 22 heavy (non-hydrogen) atoms. The standard InChI is InChI=1S/C15H28N2O5/c1-5-21-13(19)12(18)16-10-8-6-7-9-11-17-14(20)22-15(2,3)4/h5-11H2,1-4H3,(H,16,18)(H,17,20). The van der Waals surface area contributed by atoms with Crippen molar-refractivity contribution < 1.29 is 23.9 Å². The predicted octanol–water partition coefficient (Wildman–Crippen LogP) is 1.75. The van der Waals surface area contributed by atoms with Crippen LogP contribution in [0, 0.1) is 0 Å². The minimum absolute atomic E-state index is 0.191. The highest BCUT2D eigenvalue weighted by atomic mass is 16.6. The van der Waals surface area contributed by atoms with Gasteiger partial charge in [0.2, 0.25) is 0 Å². The molecule has 0 aromatic heterocycles. The predicted molar refractivity (Wildman–Crippen MR) is 82.3 cm³/mol. The van der Waals surface area contributed by atoms with Crippen molar-refractivity contribution in [1.82, 2.24) is 10.6 Å². The highest BCUT2D eigenvalue weighted by molar-refractivity contribution is 6.32. The normalized spacial score (nSPS) is 10.7. The highest BCUT2D eigenvalue weighted by Gasteiger charge is 2.15. The van der Waals surface area contributed by atoms with E-state index in [9.17, 15) is 14.4 Å². The van der Waals surface area contributed by atoms with Gasteiger partial charge in [-0.1, -0.05) is 12.8 Å². The molecule has 2 amide bonds. The number of esters is 1. The number of hydrogen-bond acceptors (Lipinski definition) is 5. The summed E-state index contributed by atoms with van der Waals surface area (Å²) in [5, 5.41) is 5.18. The number of unbranched alkanes of at least 4 members (excludes halogenated alkanes) is 3. The minimum Gasteiger partial charge on any atom is -0.459 e. The molecule has 0 saturated heterocycles. The van der Waals surface area contributed by atoms with E-state index >= 15 is 0 Å². The minimum atomic E-state index is -0.843. The smallest absolute Gasteiger partial charge is 0.407 e. The lowest BCUT2D eigenvalue weighted by Gasteiger charge is -2.19. The third-order valence-corrected chi connectivity index (χ3v) is 2.52. The van der Waals surface area contributed by atoms with Crippen LogP contribution in [-0.2, 0) is 19.1 Å². The van der Waals surface area contributed by atoms with Crippen LogP contribution in [-0.4, -0.2) is 43.3 Å². The van der Waals surface area contributed by atoms with Crippen molar-refractivity contribution in [3.8, 4) is 0 Å². The first-order chi connectivity index (χ1) is 10.3. The van der Waals surface area contributed by atoms with Crippen LogP contribution in [0.3, 0.4) is 0 Å². The third kappa shape index (κ3) is 12.0. The Morgan fingerprint density at radius 3 is 1.95 bits per heavy atom. The first-order valence-electron chi connectivity index (χ1n) is 7.68. The van der Waals surface area contributed by atoms with Crippen LogP contribution in [0.25, 0.3) is 0 Å². The van der Waals surface area contributed by atoms with E-state index in [1.807, 2.05) is 20.8 Å². The summed E-state index contributed by atoms with van der Waals surface area (Å²) in [5.41, 5.74) is -0.485. The summed E-state index contributed by atoms with van der Waals surface area (Å²) in [7, 11) is 0. The van der Waals surface area contributed by atoms with Crippen LogP contribution in [0.4, 0.5) is 4.79 Å².